The summed E-state index contributed by atoms with van der Waals surface area (Å²) in [4.78, 5) is 4.38. The van der Waals surface area contributed by atoms with E-state index in [1.807, 2.05) is 23.0 Å². The zero-order chi connectivity index (χ0) is 9.42. The lowest BCUT2D eigenvalue weighted by molar-refractivity contribution is 0.841. The number of aromatic nitrogens is 2. The maximum Gasteiger partial charge on any atom is 0.0995 e. The van der Waals surface area contributed by atoms with Gasteiger partial charge in [0.2, 0.25) is 0 Å². The van der Waals surface area contributed by atoms with Gasteiger partial charge in [0, 0.05) is 10.7 Å². The number of imidazole rings is 1. The number of pyridine rings is 1. The van der Waals surface area contributed by atoms with Crippen molar-refractivity contribution in [2.45, 2.75) is 19.8 Å². The number of rotatable bonds is 1. The number of nitrogens with zero attached hydrogens (tertiary/aromatic N) is 2. The first-order valence-electron chi connectivity index (χ1n) is 4.30. The van der Waals surface area contributed by atoms with E-state index < -0.39 is 0 Å². The van der Waals surface area contributed by atoms with E-state index in [-0.39, 0.29) is 0 Å². The minimum Gasteiger partial charge on any atom is -0.306 e. The van der Waals surface area contributed by atoms with Crippen molar-refractivity contribution in [3.05, 3.63) is 34.8 Å². The van der Waals surface area contributed by atoms with Gasteiger partial charge in [-0.15, -0.1) is 0 Å². The zero-order valence-electron chi connectivity index (χ0n) is 7.66. The standard InChI is InChI=1S/C10H11BrN2/c1-7(2)10-9-5-8(11)3-4-13(9)6-12-10/h3-7H,1-2H3. The third kappa shape index (κ3) is 1.48. The highest BCUT2D eigenvalue weighted by atomic mass is 79.9. The molecule has 0 fully saturated rings. The monoisotopic (exact) mass is 238 g/mol. The van der Waals surface area contributed by atoms with Crippen molar-refractivity contribution < 1.29 is 0 Å². The summed E-state index contributed by atoms with van der Waals surface area (Å²) in [6, 6.07) is 4.11. The largest absolute Gasteiger partial charge is 0.306 e. The van der Waals surface area contributed by atoms with E-state index in [1.165, 1.54) is 5.52 Å². The highest BCUT2D eigenvalue weighted by Crippen LogP contribution is 2.21. The molecule has 0 saturated carbocycles. The molecule has 0 saturated heterocycles. The van der Waals surface area contributed by atoms with Gasteiger partial charge in [-0.3, -0.25) is 0 Å². The van der Waals surface area contributed by atoms with Crippen molar-refractivity contribution in [2.75, 3.05) is 0 Å². The van der Waals surface area contributed by atoms with Crippen LogP contribution < -0.4 is 0 Å². The van der Waals surface area contributed by atoms with Crippen LogP contribution >= 0.6 is 15.9 Å². The van der Waals surface area contributed by atoms with Crippen LogP contribution in [0.5, 0.6) is 0 Å². The highest BCUT2D eigenvalue weighted by molar-refractivity contribution is 9.10. The molecular formula is C10H11BrN2. The maximum absolute atomic E-state index is 4.38. The number of hydrogen-bond acceptors (Lipinski definition) is 1. The topological polar surface area (TPSA) is 17.3 Å². The van der Waals surface area contributed by atoms with Crippen LogP contribution in [0.1, 0.15) is 25.5 Å². The van der Waals surface area contributed by atoms with E-state index >= 15 is 0 Å². The quantitative estimate of drug-likeness (QED) is 0.746. The van der Waals surface area contributed by atoms with Gasteiger partial charge >= 0.3 is 0 Å². The Labute approximate surface area is 85.7 Å². The van der Waals surface area contributed by atoms with Crippen molar-refractivity contribution in [1.29, 1.82) is 0 Å². The summed E-state index contributed by atoms with van der Waals surface area (Å²) in [6.45, 7) is 4.31. The van der Waals surface area contributed by atoms with E-state index in [1.54, 1.807) is 0 Å². The van der Waals surface area contributed by atoms with Crippen LogP contribution in [0.15, 0.2) is 29.1 Å². The van der Waals surface area contributed by atoms with E-state index in [0.29, 0.717) is 5.92 Å². The molecule has 0 N–H and O–H groups in total. The van der Waals surface area contributed by atoms with Crippen LogP contribution in [0, 0.1) is 0 Å². The van der Waals surface area contributed by atoms with Crippen molar-refractivity contribution in [3.63, 3.8) is 0 Å². The fourth-order valence-electron chi connectivity index (χ4n) is 1.43. The molecule has 2 nitrogen and oxygen atoms in total. The van der Waals surface area contributed by atoms with Crippen LogP contribution in [0.4, 0.5) is 0 Å². The molecule has 0 aliphatic carbocycles. The summed E-state index contributed by atoms with van der Waals surface area (Å²) in [5.74, 6) is 0.472. The minimum absolute atomic E-state index is 0.472. The molecule has 0 atom stereocenters. The highest BCUT2D eigenvalue weighted by Gasteiger charge is 2.07. The van der Waals surface area contributed by atoms with Crippen molar-refractivity contribution in [2.24, 2.45) is 0 Å². The SMILES string of the molecule is CC(C)c1ncn2ccc(Br)cc12. The molecule has 2 aromatic heterocycles. The van der Waals surface area contributed by atoms with Gasteiger partial charge in [-0.05, 0) is 18.1 Å². The van der Waals surface area contributed by atoms with Crippen LogP contribution in [0.3, 0.4) is 0 Å². The molecule has 0 spiro atoms. The van der Waals surface area contributed by atoms with Gasteiger partial charge in [0.1, 0.15) is 0 Å². The maximum atomic E-state index is 4.38. The molecular weight excluding hydrogens is 228 g/mol. The summed E-state index contributed by atoms with van der Waals surface area (Å²) in [5.41, 5.74) is 2.34. The molecule has 13 heavy (non-hydrogen) atoms. The van der Waals surface area contributed by atoms with Gasteiger partial charge < -0.3 is 4.40 Å². The van der Waals surface area contributed by atoms with Crippen molar-refractivity contribution >= 4 is 21.4 Å². The van der Waals surface area contributed by atoms with E-state index in [0.717, 1.165) is 10.2 Å². The third-order valence-electron chi connectivity index (χ3n) is 2.08. The predicted octanol–water partition coefficient (Wildman–Crippen LogP) is 3.22. The van der Waals surface area contributed by atoms with Crippen LogP contribution in [-0.2, 0) is 0 Å². The van der Waals surface area contributed by atoms with Gasteiger partial charge in [0.05, 0.1) is 17.5 Å². The first-order chi connectivity index (χ1) is 6.18. The smallest absolute Gasteiger partial charge is 0.0995 e. The van der Waals surface area contributed by atoms with E-state index in [2.05, 4.69) is 40.8 Å². The molecule has 0 radical (unpaired) electrons. The normalized spacial score (nSPS) is 11.4. The molecule has 3 heteroatoms. The lowest BCUT2D eigenvalue weighted by Gasteiger charge is -2.01. The fourth-order valence-corrected chi connectivity index (χ4v) is 1.76. The molecule has 0 aromatic carbocycles. The second kappa shape index (κ2) is 3.14. The molecule has 0 amide bonds. The first-order valence-corrected chi connectivity index (χ1v) is 5.10. The Morgan fingerprint density at radius 3 is 2.92 bits per heavy atom. The number of hydrogen-bond donors (Lipinski definition) is 0. The Morgan fingerprint density at radius 2 is 2.23 bits per heavy atom. The summed E-state index contributed by atoms with van der Waals surface area (Å²) < 4.78 is 3.14. The molecule has 0 bridgehead atoms. The Kier molecular flexibility index (Phi) is 2.12. The lowest BCUT2D eigenvalue weighted by atomic mass is 10.1. The summed E-state index contributed by atoms with van der Waals surface area (Å²) >= 11 is 3.46. The van der Waals surface area contributed by atoms with E-state index in [9.17, 15) is 0 Å². The fraction of sp³-hybridized carbons (Fsp3) is 0.300. The molecule has 68 valence electrons. The van der Waals surface area contributed by atoms with Gasteiger partial charge in [-0.25, -0.2) is 4.98 Å². The molecule has 2 aromatic rings. The predicted molar refractivity (Wildman–Crippen MR) is 57.0 cm³/mol. The Hall–Kier alpha value is -0.830. The lowest BCUT2D eigenvalue weighted by Crippen LogP contribution is -1.88. The summed E-state index contributed by atoms with van der Waals surface area (Å²) in [7, 11) is 0. The second-order valence-corrected chi connectivity index (χ2v) is 4.34. The van der Waals surface area contributed by atoms with Gasteiger partial charge in [0.25, 0.3) is 0 Å². The Morgan fingerprint density at radius 1 is 1.46 bits per heavy atom. The zero-order valence-corrected chi connectivity index (χ0v) is 9.25. The van der Waals surface area contributed by atoms with Crippen LogP contribution in [-0.4, -0.2) is 9.38 Å². The van der Waals surface area contributed by atoms with E-state index in [4.69, 9.17) is 0 Å². The third-order valence-corrected chi connectivity index (χ3v) is 2.57. The minimum atomic E-state index is 0.472. The summed E-state index contributed by atoms with van der Waals surface area (Å²) in [5, 5.41) is 0. The molecule has 0 aliphatic rings. The van der Waals surface area contributed by atoms with Gasteiger partial charge in [0.15, 0.2) is 0 Å². The summed E-state index contributed by atoms with van der Waals surface area (Å²) in [6.07, 6.45) is 3.87. The number of fused-ring (bicyclic) bond motifs is 1. The molecule has 2 rings (SSSR count). The van der Waals surface area contributed by atoms with Crippen molar-refractivity contribution in [3.8, 4) is 0 Å². The Balaban J connectivity index is 2.71. The number of halogens is 1. The van der Waals surface area contributed by atoms with Crippen LogP contribution in [0.2, 0.25) is 0 Å². The van der Waals surface area contributed by atoms with Crippen LogP contribution in [0.25, 0.3) is 5.52 Å². The van der Waals surface area contributed by atoms with Crippen molar-refractivity contribution in [1.82, 2.24) is 9.38 Å². The molecule has 0 unspecified atom stereocenters. The first kappa shape index (κ1) is 8.75. The van der Waals surface area contributed by atoms with Gasteiger partial charge in [-0.1, -0.05) is 29.8 Å². The average Bonchev–Trinajstić information content (AvgIpc) is 2.46. The van der Waals surface area contributed by atoms with Gasteiger partial charge in [-0.2, -0.15) is 0 Å². The molecule has 0 aliphatic heterocycles. The molecule has 2 heterocycles. The average molecular weight is 239 g/mol. The Bertz CT molecular complexity index is 431. The second-order valence-electron chi connectivity index (χ2n) is 3.42.